The van der Waals surface area contributed by atoms with Gasteiger partial charge in [-0.05, 0) is 58.9 Å². The average Bonchev–Trinajstić information content (AvgIpc) is 2.62. The highest BCUT2D eigenvalue weighted by molar-refractivity contribution is 4.96. The Bertz CT molecular complexity index is 251. The zero-order chi connectivity index (χ0) is 12.0. The van der Waals surface area contributed by atoms with Crippen molar-refractivity contribution >= 4 is 0 Å². The first kappa shape index (κ1) is 13.6. The van der Waals surface area contributed by atoms with Gasteiger partial charge in [0.15, 0.2) is 0 Å². The zero-order valence-electron chi connectivity index (χ0n) is 11.4. The standard InChI is InChI=1S/C15H27N/c1-5-6-7-9-13-10-8-11-14(13)12-16-15(2,3)4/h13-14,16H,7-12H2,1-4H3. The van der Waals surface area contributed by atoms with Crippen molar-refractivity contribution < 1.29 is 0 Å². The van der Waals surface area contributed by atoms with Crippen molar-refractivity contribution in [2.75, 3.05) is 6.54 Å². The van der Waals surface area contributed by atoms with Gasteiger partial charge in [0.2, 0.25) is 0 Å². The molecule has 2 unspecified atom stereocenters. The summed E-state index contributed by atoms with van der Waals surface area (Å²) in [7, 11) is 0. The maximum Gasteiger partial charge on any atom is 0.00966 e. The number of hydrogen-bond acceptors (Lipinski definition) is 1. The molecular weight excluding hydrogens is 194 g/mol. The lowest BCUT2D eigenvalue weighted by Crippen LogP contribution is -2.39. The molecule has 16 heavy (non-hydrogen) atoms. The Kier molecular flexibility index (Phi) is 5.35. The normalized spacial score (nSPS) is 25.2. The van der Waals surface area contributed by atoms with Gasteiger partial charge in [0.1, 0.15) is 0 Å². The molecule has 0 heterocycles. The lowest BCUT2D eigenvalue weighted by atomic mass is 9.91. The van der Waals surface area contributed by atoms with E-state index in [4.69, 9.17) is 0 Å². The van der Waals surface area contributed by atoms with Crippen molar-refractivity contribution in [2.45, 2.75) is 65.3 Å². The molecular formula is C15H27N. The minimum absolute atomic E-state index is 0.260. The van der Waals surface area contributed by atoms with Crippen LogP contribution >= 0.6 is 0 Å². The molecule has 0 aromatic carbocycles. The second-order valence-electron chi connectivity index (χ2n) is 6.05. The summed E-state index contributed by atoms with van der Waals surface area (Å²) in [6.45, 7) is 9.87. The third-order valence-electron chi connectivity index (χ3n) is 3.53. The van der Waals surface area contributed by atoms with Crippen LogP contribution in [-0.2, 0) is 0 Å². The highest BCUT2D eigenvalue weighted by Gasteiger charge is 2.27. The summed E-state index contributed by atoms with van der Waals surface area (Å²) in [4.78, 5) is 0. The summed E-state index contributed by atoms with van der Waals surface area (Å²) >= 11 is 0. The largest absolute Gasteiger partial charge is 0.312 e. The molecule has 1 rings (SSSR count). The van der Waals surface area contributed by atoms with Gasteiger partial charge < -0.3 is 5.32 Å². The monoisotopic (exact) mass is 221 g/mol. The van der Waals surface area contributed by atoms with Gasteiger partial charge in [0, 0.05) is 12.0 Å². The quantitative estimate of drug-likeness (QED) is 0.715. The van der Waals surface area contributed by atoms with E-state index in [0.717, 1.165) is 18.3 Å². The van der Waals surface area contributed by atoms with Crippen molar-refractivity contribution in [3.8, 4) is 11.8 Å². The molecule has 1 aliphatic carbocycles. The molecule has 1 nitrogen and oxygen atoms in total. The van der Waals surface area contributed by atoms with Gasteiger partial charge in [0.25, 0.3) is 0 Å². The fourth-order valence-corrected chi connectivity index (χ4v) is 2.58. The Morgan fingerprint density at radius 1 is 1.19 bits per heavy atom. The van der Waals surface area contributed by atoms with Crippen molar-refractivity contribution in [1.29, 1.82) is 0 Å². The van der Waals surface area contributed by atoms with Crippen LogP contribution in [0.3, 0.4) is 0 Å². The first-order chi connectivity index (χ1) is 7.53. The molecule has 2 atom stereocenters. The topological polar surface area (TPSA) is 12.0 Å². The van der Waals surface area contributed by atoms with E-state index in [2.05, 4.69) is 37.9 Å². The Balaban J connectivity index is 2.30. The van der Waals surface area contributed by atoms with Crippen LogP contribution in [0.25, 0.3) is 0 Å². The van der Waals surface area contributed by atoms with Crippen LogP contribution in [0.4, 0.5) is 0 Å². The van der Waals surface area contributed by atoms with E-state index in [9.17, 15) is 0 Å². The summed E-state index contributed by atoms with van der Waals surface area (Å²) in [5, 5.41) is 3.65. The lowest BCUT2D eigenvalue weighted by molar-refractivity contribution is 0.309. The van der Waals surface area contributed by atoms with E-state index in [1.807, 2.05) is 6.92 Å². The Labute approximate surface area is 101 Å². The summed E-state index contributed by atoms with van der Waals surface area (Å²) < 4.78 is 0. The summed E-state index contributed by atoms with van der Waals surface area (Å²) in [6.07, 6.45) is 6.64. The van der Waals surface area contributed by atoms with Crippen LogP contribution in [-0.4, -0.2) is 12.1 Å². The molecule has 92 valence electrons. The van der Waals surface area contributed by atoms with Gasteiger partial charge in [-0.3, -0.25) is 0 Å². The lowest BCUT2D eigenvalue weighted by Gasteiger charge is -2.26. The van der Waals surface area contributed by atoms with Crippen molar-refractivity contribution in [3.05, 3.63) is 0 Å². The molecule has 0 saturated heterocycles. The van der Waals surface area contributed by atoms with Gasteiger partial charge in [-0.1, -0.05) is 12.8 Å². The van der Waals surface area contributed by atoms with Gasteiger partial charge in [-0.2, -0.15) is 0 Å². The Morgan fingerprint density at radius 3 is 2.50 bits per heavy atom. The summed E-state index contributed by atoms with van der Waals surface area (Å²) in [6, 6.07) is 0. The molecule has 1 N–H and O–H groups in total. The van der Waals surface area contributed by atoms with Crippen molar-refractivity contribution in [3.63, 3.8) is 0 Å². The van der Waals surface area contributed by atoms with Gasteiger partial charge >= 0.3 is 0 Å². The second kappa shape index (κ2) is 6.30. The van der Waals surface area contributed by atoms with Crippen LogP contribution < -0.4 is 5.32 Å². The van der Waals surface area contributed by atoms with E-state index in [1.165, 1.54) is 32.2 Å². The smallest absolute Gasteiger partial charge is 0.00966 e. The molecule has 1 aliphatic rings. The predicted molar refractivity (Wildman–Crippen MR) is 71.3 cm³/mol. The van der Waals surface area contributed by atoms with Crippen LogP contribution in [0.2, 0.25) is 0 Å². The minimum atomic E-state index is 0.260. The predicted octanol–water partition coefficient (Wildman–Crippen LogP) is 3.59. The van der Waals surface area contributed by atoms with E-state index in [-0.39, 0.29) is 5.54 Å². The summed E-state index contributed by atoms with van der Waals surface area (Å²) in [5.41, 5.74) is 0.260. The van der Waals surface area contributed by atoms with Crippen LogP contribution in [0.1, 0.15) is 59.8 Å². The van der Waals surface area contributed by atoms with Crippen molar-refractivity contribution in [2.24, 2.45) is 11.8 Å². The maximum atomic E-state index is 3.65. The molecule has 0 aromatic rings. The van der Waals surface area contributed by atoms with Gasteiger partial charge in [-0.25, -0.2) is 0 Å². The molecule has 0 radical (unpaired) electrons. The summed E-state index contributed by atoms with van der Waals surface area (Å²) in [5.74, 6) is 7.99. The van der Waals surface area contributed by atoms with Crippen LogP contribution in [0, 0.1) is 23.7 Å². The molecule has 0 spiro atoms. The minimum Gasteiger partial charge on any atom is -0.312 e. The maximum absolute atomic E-state index is 3.65. The molecule has 1 saturated carbocycles. The Hall–Kier alpha value is -0.480. The Morgan fingerprint density at radius 2 is 1.88 bits per heavy atom. The highest BCUT2D eigenvalue weighted by atomic mass is 14.9. The average molecular weight is 221 g/mol. The van der Waals surface area contributed by atoms with Crippen molar-refractivity contribution in [1.82, 2.24) is 5.32 Å². The number of nitrogens with one attached hydrogen (secondary N) is 1. The van der Waals surface area contributed by atoms with E-state index in [0.29, 0.717) is 0 Å². The van der Waals surface area contributed by atoms with E-state index >= 15 is 0 Å². The third-order valence-corrected chi connectivity index (χ3v) is 3.53. The van der Waals surface area contributed by atoms with Gasteiger partial charge in [0.05, 0.1) is 0 Å². The van der Waals surface area contributed by atoms with E-state index in [1.54, 1.807) is 0 Å². The fourth-order valence-electron chi connectivity index (χ4n) is 2.58. The van der Waals surface area contributed by atoms with Gasteiger partial charge in [-0.15, -0.1) is 11.8 Å². The first-order valence-electron chi connectivity index (χ1n) is 6.67. The zero-order valence-corrected chi connectivity index (χ0v) is 11.4. The number of rotatable bonds is 4. The number of hydrogen-bond donors (Lipinski definition) is 1. The highest BCUT2D eigenvalue weighted by Crippen LogP contribution is 2.34. The molecule has 1 fully saturated rings. The molecule has 0 aromatic heterocycles. The first-order valence-corrected chi connectivity index (χ1v) is 6.67. The third kappa shape index (κ3) is 5.03. The van der Waals surface area contributed by atoms with E-state index < -0.39 is 0 Å². The molecule has 1 heteroatoms. The van der Waals surface area contributed by atoms with Crippen LogP contribution in [0.15, 0.2) is 0 Å². The van der Waals surface area contributed by atoms with Crippen LogP contribution in [0.5, 0.6) is 0 Å². The molecule has 0 aliphatic heterocycles. The fraction of sp³-hybridized carbons (Fsp3) is 0.867. The second-order valence-corrected chi connectivity index (χ2v) is 6.05. The SMILES string of the molecule is CC#CCCC1CCCC1CNC(C)(C)C. The molecule has 0 amide bonds. The molecule has 0 bridgehead atoms.